The lowest BCUT2D eigenvalue weighted by atomic mass is 9.97. The molecule has 1 aromatic carbocycles. The van der Waals surface area contributed by atoms with Gasteiger partial charge in [0.25, 0.3) is 0 Å². The lowest BCUT2D eigenvalue weighted by Gasteiger charge is -2.46. The van der Waals surface area contributed by atoms with E-state index < -0.39 is 43.0 Å². The van der Waals surface area contributed by atoms with Crippen molar-refractivity contribution in [2.75, 3.05) is 13.7 Å². The molecule has 7 heteroatoms. The summed E-state index contributed by atoms with van der Waals surface area (Å²) in [4.78, 5) is 11.4. The Morgan fingerprint density at radius 2 is 2.00 bits per heavy atom. The van der Waals surface area contributed by atoms with Crippen LogP contribution in [0.15, 0.2) is 30.3 Å². The van der Waals surface area contributed by atoms with Crippen LogP contribution in [0.2, 0.25) is 0 Å². The monoisotopic (exact) mass is 324 g/mol. The smallest absolute Gasteiger partial charge is 0.303 e. The Bertz CT molecular complexity index is 534. The maximum Gasteiger partial charge on any atom is 0.303 e. The molecule has 0 aromatic heterocycles. The van der Waals surface area contributed by atoms with Gasteiger partial charge in [0.15, 0.2) is 18.7 Å². The molecule has 2 heterocycles. The molecule has 0 bridgehead atoms. The van der Waals surface area contributed by atoms with Gasteiger partial charge in [-0.15, -0.1) is 0 Å². The van der Waals surface area contributed by atoms with E-state index in [0.29, 0.717) is 0 Å². The van der Waals surface area contributed by atoms with Crippen LogP contribution < -0.4 is 0 Å². The fourth-order valence-corrected chi connectivity index (χ4v) is 2.86. The molecule has 4 unspecified atom stereocenters. The zero-order chi connectivity index (χ0) is 16.4. The van der Waals surface area contributed by atoms with Crippen LogP contribution in [0.4, 0.5) is 0 Å². The zero-order valence-electron chi connectivity index (χ0n) is 13.0. The second kappa shape index (κ2) is 6.94. The van der Waals surface area contributed by atoms with Crippen LogP contribution in [0.3, 0.4) is 0 Å². The molecule has 6 atom stereocenters. The van der Waals surface area contributed by atoms with Crippen molar-refractivity contribution in [1.29, 1.82) is 0 Å². The summed E-state index contributed by atoms with van der Waals surface area (Å²) in [6.45, 7) is 1.53. The molecule has 0 amide bonds. The molecule has 1 N–H and O–H groups in total. The number of aliphatic hydroxyl groups is 1. The predicted octanol–water partition coefficient (Wildman–Crippen LogP) is 0.764. The largest absolute Gasteiger partial charge is 0.457 e. The number of hydrogen-bond acceptors (Lipinski definition) is 7. The normalized spacial score (nSPS) is 37.0. The minimum absolute atomic E-state index is 0.245. The third kappa shape index (κ3) is 3.39. The van der Waals surface area contributed by atoms with Crippen LogP contribution >= 0.6 is 0 Å². The van der Waals surface area contributed by atoms with Crippen LogP contribution in [-0.2, 0) is 28.5 Å². The van der Waals surface area contributed by atoms with E-state index in [-0.39, 0.29) is 6.61 Å². The van der Waals surface area contributed by atoms with Gasteiger partial charge in [-0.3, -0.25) is 4.79 Å². The second-order valence-corrected chi connectivity index (χ2v) is 5.52. The van der Waals surface area contributed by atoms with Crippen molar-refractivity contribution in [2.45, 2.75) is 43.9 Å². The lowest BCUT2D eigenvalue weighted by molar-refractivity contribution is -0.358. The van der Waals surface area contributed by atoms with Gasteiger partial charge in [-0.1, -0.05) is 30.3 Å². The molecule has 2 saturated heterocycles. The number of ether oxygens (including phenoxy) is 5. The molecule has 0 saturated carbocycles. The maximum absolute atomic E-state index is 11.4. The summed E-state index contributed by atoms with van der Waals surface area (Å²) in [5, 5.41) is 10.3. The fourth-order valence-electron chi connectivity index (χ4n) is 2.86. The van der Waals surface area contributed by atoms with Crippen molar-refractivity contribution in [3.63, 3.8) is 0 Å². The summed E-state index contributed by atoms with van der Waals surface area (Å²) >= 11 is 0. The van der Waals surface area contributed by atoms with Gasteiger partial charge < -0.3 is 28.8 Å². The van der Waals surface area contributed by atoms with Crippen molar-refractivity contribution >= 4 is 5.97 Å². The summed E-state index contributed by atoms with van der Waals surface area (Å²) in [6, 6.07) is 9.41. The minimum Gasteiger partial charge on any atom is -0.457 e. The van der Waals surface area contributed by atoms with E-state index in [1.165, 1.54) is 14.0 Å². The Balaban J connectivity index is 1.80. The van der Waals surface area contributed by atoms with Gasteiger partial charge in [0.1, 0.15) is 18.3 Å². The summed E-state index contributed by atoms with van der Waals surface area (Å²) < 4.78 is 27.6. The number of carbonyl (C=O) groups excluding carboxylic acids is 1. The Kier molecular flexibility index (Phi) is 4.93. The number of benzene rings is 1. The third-order valence-corrected chi connectivity index (χ3v) is 3.91. The van der Waals surface area contributed by atoms with E-state index in [1.807, 2.05) is 30.3 Å². The van der Waals surface area contributed by atoms with Crippen molar-refractivity contribution in [3.05, 3.63) is 35.9 Å². The van der Waals surface area contributed by atoms with Gasteiger partial charge >= 0.3 is 5.97 Å². The average molecular weight is 324 g/mol. The quantitative estimate of drug-likeness (QED) is 0.822. The van der Waals surface area contributed by atoms with E-state index in [9.17, 15) is 9.90 Å². The van der Waals surface area contributed by atoms with E-state index >= 15 is 0 Å². The first-order valence-electron chi connectivity index (χ1n) is 7.45. The van der Waals surface area contributed by atoms with Gasteiger partial charge in [-0.25, -0.2) is 0 Å². The molecule has 0 spiro atoms. The average Bonchev–Trinajstić information content (AvgIpc) is 2.57. The standard InChI is InChI=1S/C16H20O7/c1-9(17)21-14-12(18)16(19-2)22-11-8-20-15(23-13(11)14)10-6-4-3-5-7-10/h3-7,11-16,18H,8H2,1-2H3/t11?,12?,13-,14?,15?,16+/m1/s1. The SMILES string of the molecule is CO[C@H]1OC2COC(c3ccccc3)O[C@H]2C(OC(C)=O)C1O. The first kappa shape index (κ1) is 16.4. The topological polar surface area (TPSA) is 83.5 Å². The molecular formula is C16H20O7. The number of carbonyl (C=O) groups is 1. The van der Waals surface area contributed by atoms with E-state index in [2.05, 4.69) is 0 Å². The van der Waals surface area contributed by atoms with Crippen LogP contribution in [0.5, 0.6) is 0 Å². The predicted molar refractivity (Wildman–Crippen MR) is 77.2 cm³/mol. The number of rotatable bonds is 3. The Labute approximate surface area is 134 Å². The molecule has 1 aromatic rings. The fraction of sp³-hybridized carbons (Fsp3) is 0.562. The number of methoxy groups -OCH3 is 1. The highest BCUT2D eigenvalue weighted by atomic mass is 16.8. The Hall–Kier alpha value is -1.51. The Morgan fingerprint density at radius 1 is 1.26 bits per heavy atom. The van der Waals surface area contributed by atoms with Crippen molar-refractivity contribution in [2.24, 2.45) is 0 Å². The summed E-state index contributed by atoms with van der Waals surface area (Å²) in [6.07, 6.45) is -4.66. The van der Waals surface area contributed by atoms with Crippen molar-refractivity contribution in [1.82, 2.24) is 0 Å². The molecule has 0 radical (unpaired) electrons. The van der Waals surface area contributed by atoms with Gasteiger partial charge in [0.2, 0.25) is 0 Å². The van der Waals surface area contributed by atoms with Crippen LogP contribution in [0, 0.1) is 0 Å². The van der Waals surface area contributed by atoms with Gasteiger partial charge in [-0.05, 0) is 0 Å². The highest BCUT2D eigenvalue weighted by Crippen LogP contribution is 2.35. The number of esters is 1. The van der Waals surface area contributed by atoms with Crippen LogP contribution in [0.1, 0.15) is 18.8 Å². The molecule has 2 aliphatic heterocycles. The lowest BCUT2D eigenvalue weighted by Crippen LogP contribution is -2.63. The van der Waals surface area contributed by atoms with Crippen molar-refractivity contribution in [3.8, 4) is 0 Å². The summed E-state index contributed by atoms with van der Waals surface area (Å²) in [7, 11) is 1.41. The first-order valence-corrected chi connectivity index (χ1v) is 7.45. The number of fused-ring (bicyclic) bond motifs is 1. The molecular weight excluding hydrogens is 304 g/mol. The molecule has 7 nitrogen and oxygen atoms in total. The third-order valence-electron chi connectivity index (χ3n) is 3.91. The molecule has 3 rings (SSSR count). The molecule has 2 fully saturated rings. The molecule has 23 heavy (non-hydrogen) atoms. The minimum atomic E-state index is -1.14. The second-order valence-electron chi connectivity index (χ2n) is 5.52. The highest BCUT2D eigenvalue weighted by molar-refractivity contribution is 5.66. The maximum atomic E-state index is 11.4. The van der Waals surface area contributed by atoms with Gasteiger partial charge in [0.05, 0.1) is 6.61 Å². The van der Waals surface area contributed by atoms with E-state index in [1.54, 1.807) is 0 Å². The first-order chi connectivity index (χ1) is 11.1. The van der Waals surface area contributed by atoms with Crippen LogP contribution in [-0.4, -0.2) is 55.5 Å². The van der Waals surface area contributed by atoms with Crippen molar-refractivity contribution < 1.29 is 33.6 Å². The molecule has 0 aliphatic carbocycles. The Morgan fingerprint density at radius 3 is 2.65 bits per heavy atom. The zero-order valence-corrected chi connectivity index (χ0v) is 13.0. The summed E-state index contributed by atoms with van der Waals surface area (Å²) in [5.74, 6) is -0.504. The van der Waals surface area contributed by atoms with Gasteiger partial charge in [-0.2, -0.15) is 0 Å². The van der Waals surface area contributed by atoms with Crippen LogP contribution in [0.25, 0.3) is 0 Å². The number of hydrogen-bond donors (Lipinski definition) is 1. The van der Waals surface area contributed by atoms with Gasteiger partial charge in [0, 0.05) is 19.6 Å². The molecule has 126 valence electrons. The van der Waals surface area contributed by atoms with E-state index in [4.69, 9.17) is 23.7 Å². The highest BCUT2D eigenvalue weighted by Gasteiger charge is 2.51. The number of aliphatic hydroxyl groups excluding tert-OH is 1. The van der Waals surface area contributed by atoms with E-state index in [0.717, 1.165) is 5.56 Å². The molecule has 2 aliphatic rings. The summed E-state index contributed by atoms with van der Waals surface area (Å²) in [5.41, 5.74) is 0.843.